The smallest absolute Gasteiger partial charge is 0.251 e. The van der Waals surface area contributed by atoms with Gasteiger partial charge < -0.3 is 10.1 Å². The molecule has 0 aliphatic carbocycles. The highest BCUT2D eigenvalue weighted by Crippen LogP contribution is 2.15. The van der Waals surface area contributed by atoms with Crippen molar-refractivity contribution in [2.24, 2.45) is 0 Å². The maximum absolute atomic E-state index is 12.9. The Morgan fingerprint density at radius 1 is 0.885 bits per heavy atom. The summed E-state index contributed by atoms with van der Waals surface area (Å²) in [6.07, 6.45) is 0.649. The summed E-state index contributed by atoms with van der Waals surface area (Å²) in [5.41, 5.74) is 2.60. The number of rotatable bonds is 7. The quantitative estimate of drug-likeness (QED) is 0.687. The van der Waals surface area contributed by atoms with Crippen LogP contribution < -0.4 is 10.1 Å². The second kappa shape index (κ2) is 8.81. The summed E-state index contributed by atoms with van der Waals surface area (Å²) >= 11 is 0. The molecule has 0 saturated carbocycles. The van der Waals surface area contributed by atoms with E-state index >= 15 is 0 Å². The van der Waals surface area contributed by atoms with Crippen molar-refractivity contribution in [1.29, 1.82) is 0 Å². The normalized spacial score (nSPS) is 10.3. The molecular formula is C22H20FNO2. The lowest BCUT2D eigenvalue weighted by atomic mass is 10.1. The lowest BCUT2D eigenvalue weighted by Gasteiger charge is -2.09. The number of hydrogen-bond acceptors (Lipinski definition) is 2. The lowest BCUT2D eigenvalue weighted by molar-refractivity contribution is 0.0953. The number of benzene rings is 3. The van der Waals surface area contributed by atoms with Crippen LogP contribution in [-0.4, -0.2) is 12.5 Å². The van der Waals surface area contributed by atoms with Crippen LogP contribution in [0.25, 0.3) is 0 Å². The van der Waals surface area contributed by atoms with E-state index < -0.39 is 0 Å². The summed E-state index contributed by atoms with van der Waals surface area (Å²) in [7, 11) is 0. The van der Waals surface area contributed by atoms with Crippen molar-refractivity contribution in [3.63, 3.8) is 0 Å². The summed E-state index contributed by atoms with van der Waals surface area (Å²) in [6.45, 7) is 0.941. The number of halogens is 1. The van der Waals surface area contributed by atoms with Crippen LogP contribution >= 0.6 is 0 Å². The van der Waals surface area contributed by atoms with Gasteiger partial charge in [0.2, 0.25) is 0 Å². The fourth-order valence-corrected chi connectivity index (χ4v) is 2.54. The monoisotopic (exact) mass is 349 g/mol. The van der Waals surface area contributed by atoms with Crippen LogP contribution in [0, 0.1) is 5.82 Å². The van der Waals surface area contributed by atoms with E-state index in [1.807, 2.05) is 36.4 Å². The summed E-state index contributed by atoms with van der Waals surface area (Å²) in [5.74, 6) is 0.238. The SMILES string of the molecule is O=C(NCCc1ccc(F)cc1)c1cccc(OCc2ccccc2)c1. The Morgan fingerprint density at radius 3 is 2.42 bits per heavy atom. The molecule has 3 nitrogen and oxygen atoms in total. The fourth-order valence-electron chi connectivity index (χ4n) is 2.54. The third-order valence-electron chi connectivity index (χ3n) is 3.96. The molecule has 132 valence electrons. The molecule has 1 N–H and O–H groups in total. The topological polar surface area (TPSA) is 38.3 Å². The molecule has 0 radical (unpaired) electrons. The fraction of sp³-hybridized carbons (Fsp3) is 0.136. The molecule has 0 saturated heterocycles. The number of carbonyl (C=O) groups excluding carboxylic acids is 1. The van der Waals surface area contributed by atoms with Crippen molar-refractivity contribution in [3.8, 4) is 5.75 Å². The zero-order valence-corrected chi connectivity index (χ0v) is 14.3. The molecule has 0 heterocycles. The van der Waals surface area contributed by atoms with E-state index in [0.717, 1.165) is 11.1 Å². The van der Waals surface area contributed by atoms with E-state index in [9.17, 15) is 9.18 Å². The average Bonchev–Trinajstić information content (AvgIpc) is 2.69. The van der Waals surface area contributed by atoms with Crippen LogP contribution in [0.3, 0.4) is 0 Å². The van der Waals surface area contributed by atoms with Gasteiger partial charge in [-0.1, -0.05) is 48.5 Å². The van der Waals surface area contributed by atoms with Gasteiger partial charge in [0.25, 0.3) is 5.91 Å². The van der Waals surface area contributed by atoms with E-state index in [4.69, 9.17) is 4.74 Å². The van der Waals surface area contributed by atoms with Gasteiger partial charge in [-0.2, -0.15) is 0 Å². The predicted octanol–water partition coefficient (Wildman–Crippen LogP) is 4.38. The molecular weight excluding hydrogens is 329 g/mol. The van der Waals surface area contributed by atoms with E-state index in [1.54, 1.807) is 30.3 Å². The third-order valence-corrected chi connectivity index (χ3v) is 3.96. The summed E-state index contributed by atoms with van der Waals surface area (Å²) in [5, 5.41) is 2.87. The zero-order chi connectivity index (χ0) is 18.2. The van der Waals surface area contributed by atoms with Crippen molar-refractivity contribution in [2.75, 3.05) is 6.54 Å². The van der Waals surface area contributed by atoms with E-state index in [0.29, 0.717) is 30.9 Å². The Bertz CT molecular complexity index is 848. The maximum Gasteiger partial charge on any atom is 0.251 e. The number of amides is 1. The molecule has 4 heteroatoms. The van der Waals surface area contributed by atoms with E-state index in [-0.39, 0.29) is 11.7 Å². The molecule has 0 aromatic heterocycles. The van der Waals surface area contributed by atoms with Gasteiger partial charge in [0, 0.05) is 12.1 Å². The first kappa shape index (κ1) is 17.7. The highest BCUT2D eigenvalue weighted by molar-refractivity contribution is 5.94. The van der Waals surface area contributed by atoms with Gasteiger partial charge in [0.1, 0.15) is 18.2 Å². The molecule has 0 atom stereocenters. The molecule has 0 aliphatic rings. The molecule has 3 rings (SSSR count). The Hall–Kier alpha value is -3.14. The molecule has 0 fully saturated rings. The van der Waals surface area contributed by atoms with Gasteiger partial charge in [-0.25, -0.2) is 4.39 Å². The first-order valence-corrected chi connectivity index (χ1v) is 8.50. The molecule has 0 spiro atoms. The predicted molar refractivity (Wildman–Crippen MR) is 99.7 cm³/mol. The van der Waals surface area contributed by atoms with Gasteiger partial charge in [-0.3, -0.25) is 4.79 Å². The summed E-state index contributed by atoms with van der Waals surface area (Å²) < 4.78 is 18.6. The van der Waals surface area contributed by atoms with Gasteiger partial charge in [-0.15, -0.1) is 0 Å². The Morgan fingerprint density at radius 2 is 1.65 bits per heavy atom. The van der Waals surface area contributed by atoms with Crippen LogP contribution in [0.5, 0.6) is 5.75 Å². The first-order chi connectivity index (χ1) is 12.7. The van der Waals surface area contributed by atoms with Crippen LogP contribution in [0.1, 0.15) is 21.5 Å². The minimum Gasteiger partial charge on any atom is -0.489 e. The third kappa shape index (κ3) is 5.18. The summed E-state index contributed by atoms with van der Waals surface area (Å²) in [6, 6.07) is 23.3. The van der Waals surface area contributed by atoms with E-state index in [1.165, 1.54) is 12.1 Å². The van der Waals surface area contributed by atoms with Crippen molar-refractivity contribution in [1.82, 2.24) is 5.32 Å². The summed E-state index contributed by atoms with van der Waals surface area (Å²) in [4.78, 5) is 12.3. The second-order valence-electron chi connectivity index (χ2n) is 5.93. The maximum atomic E-state index is 12.9. The zero-order valence-electron chi connectivity index (χ0n) is 14.3. The molecule has 3 aromatic carbocycles. The van der Waals surface area contributed by atoms with Crippen molar-refractivity contribution < 1.29 is 13.9 Å². The van der Waals surface area contributed by atoms with E-state index in [2.05, 4.69) is 5.32 Å². The highest BCUT2D eigenvalue weighted by Gasteiger charge is 2.06. The molecule has 0 aliphatic heterocycles. The van der Waals surface area contributed by atoms with Gasteiger partial charge in [-0.05, 0) is 47.9 Å². The second-order valence-corrected chi connectivity index (χ2v) is 5.93. The molecule has 0 bridgehead atoms. The Labute approximate surface area is 152 Å². The molecule has 0 unspecified atom stereocenters. The van der Waals surface area contributed by atoms with Crippen LogP contribution in [0.15, 0.2) is 78.9 Å². The lowest BCUT2D eigenvalue weighted by Crippen LogP contribution is -2.25. The number of hydrogen-bond donors (Lipinski definition) is 1. The molecule has 26 heavy (non-hydrogen) atoms. The van der Waals surface area contributed by atoms with Crippen molar-refractivity contribution in [3.05, 3.63) is 101 Å². The highest BCUT2D eigenvalue weighted by atomic mass is 19.1. The Kier molecular flexibility index (Phi) is 5.99. The minimum atomic E-state index is -0.259. The van der Waals surface area contributed by atoms with Crippen molar-refractivity contribution >= 4 is 5.91 Å². The van der Waals surface area contributed by atoms with Crippen LogP contribution in [0.2, 0.25) is 0 Å². The molecule has 3 aromatic rings. The van der Waals surface area contributed by atoms with Crippen molar-refractivity contribution in [2.45, 2.75) is 13.0 Å². The number of nitrogens with one attached hydrogen (secondary N) is 1. The standard InChI is InChI=1S/C22H20FNO2/c23-20-11-9-17(10-12-20)13-14-24-22(25)19-7-4-8-21(15-19)26-16-18-5-2-1-3-6-18/h1-12,15H,13-14,16H2,(H,24,25). The van der Waals surface area contributed by atoms with Gasteiger partial charge in [0.15, 0.2) is 0 Å². The largest absolute Gasteiger partial charge is 0.489 e. The minimum absolute atomic E-state index is 0.155. The van der Waals surface area contributed by atoms with Gasteiger partial charge >= 0.3 is 0 Å². The average molecular weight is 349 g/mol. The van der Waals surface area contributed by atoms with Gasteiger partial charge in [0.05, 0.1) is 0 Å². The van der Waals surface area contributed by atoms with Crippen LogP contribution in [-0.2, 0) is 13.0 Å². The first-order valence-electron chi connectivity index (χ1n) is 8.50. The van der Waals surface area contributed by atoms with Crippen LogP contribution in [0.4, 0.5) is 4.39 Å². The number of ether oxygens (including phenoxy) is 1. The number of carbonyl (C=O) groups is 1. The molecule has 1 amide bonds. The Balaban J connectivity index is 1.51.